The third kappa shape index (κ3) is 1.03. The largest absolute Gasteiger partial charge is 0.171 e. The lowest BCUT2D eigenvalue weighted by molar-refractivity contribution is 1.08. The molecule has 1 heterocycles. The number of rotatable bonds is 1. The molecule has 0 N–H and O–H groups in total. The summed E-state index contributed by atoms with van der Waals surface area (Å²) in [5, 5.41) is 7.78. The molecule has 0 aliphatic carbocycles. The Morgan fingerprint density at radius 2 is 2.57 bits per heavy atom. The predicted molar refractivity (Wildman–Crippen MR) is 31.3 cm³/mol. The van der Waals surface area contributed by atoms with E-state index in [9.17, 15) is 0 Å². The summed E-state index contributed by atoms with van der Waals surface area (Å²) in [4.78, 5) is 0. The van der Waals surface area contributed by atoms with Crippen LogP contribution in [0.4, 0.5) is 0 Å². The van der Waals surface area contributed by atoms with E-state index in [0.717, 1.165) is 0 Å². The molecule has 1 aliphatic rings. The highest BCUT2D eigenvalue weighted by atomic mass is 32.2. The van der Waals surface area contributed by atoms with Gasteiger partial charge in [-0.15, -0.1) is 11.8 Å². The van der Waals surface area contributed by atoms with Crippen LogP contribution in [0.5, 0.6) is 0 Å². The monoisotopic (exact) mass is 114 g/mol. The topological polar surface area (TPSA) is 24.7 Å². The fraction of sp³-hybridized carbons (Fsp3) is 0.500. The maximum Gasteiger partial charge on any atom is 0.136 e. The zero-order valence-corrected chi connectivity index (χ0v) is 4.85. The van der Waals surface area contributed by atoms with Crippen LogP contribution >= 0.6 is 11.8 Å². The molecular formula is C4H6N2S. The Kier molecular flexibility index (Phi) is 1.46. The number of azo groups is 1. The first-order valence-corrected chi connectivity index (χ1v) is 3.31. The number of nitrogens with zero attached hydrogens (tertiary/aromatic N) is 2. The molecule has 1 unspecified atom stereocenters. The van der Waals surface area contributed by atoms with Crippen molar-refractivity contribution in [2.45, 2.75) is 5.37 Å². The summed E-state index contributed by atoms with van der Waals surface area (Å²) >= 11 is 1.69. The van der Waals surface area contributed by atoms with Crippen molar-refractivity contribution in [1.29, 1.82) is 0 Å². The van der Waals surface area contributed by atoms with E-state index in [4.69, 9.17) is 0 Å². The normalized spacial score (nSPS) is 26.7. The molecule has 0 spiro atoms. The number of hydrogen-bond donors (Lipinski definition) is 0. The first-order chi connectivity index (χ1) is 3.43. The second-order valence-electron chi connectivity index (χ2n) is 1.20. The average Bonchev–Trinajstić information content (AvgIpc) is 2.14. The van der Waals surface area contributed by atoms with Crippen molar-refractivity contribution in [2.75, 3.05) is 6.26 Å². The van der Waals surface area contributed by atoms with E-state index < -0.39 is 0 Å². The van der Waals surface area contributed by atoms with E-state index in [0.29, 0.717) is 5.37 Å². The molecule has 1 aliphatic heterocycles. The molecule has 0 amide bonds. The molecule has 7 heavy (non-hydrogen) atoms. The van der Waals surface area contributed by atoms with Gasteiger partial charge in [-0.1, -0.05) is 0 Å². The van der Waals surface area contributed by atoms with Crippen molar-refractivity contribution >= 4 is 11.8 Å². The molecular weight excluding hydrogens is 108 g/mol. The highest BCUT2D eigenvalue weighted by molar-refractivity contribution is 7.99. The third-order valence-electron chi connectivity index (χ3n) is 0.739. The van der Waals surface area contributed by atoms with Gasteiger partial charge in [0.15, 0.2) is 0 Å². The number of hydrogen-bond acceptors (Lipinski definition) is 3. The van der Waals surface area contributed by atoms with Gasteiger partial charge in [-0.05, 0) is 12.3 Å². The average molecular weight is 114 g/mol. The van der Waals surface area contributed by atoms with Gasteiger partial charge in [-0.3, -0.25) is 0 Å². The molecule has 0 aromatic carbocycles. The van der Waals surface area contributed by atoms with Gasteiger partial charge in [0.05, 0.1) is 0 Å². The van der Waals surface area contributed by atoms with Gasteiger partial charge in [0.2, 0.25) is 0 Å². The minimum Gasteiger partial charge on any atom is -0.171 e. The van der Waals surface area contributed by atoms with Crippen LogP contribution < -0.4 is 0 Å². The van der Waals surface area contributed by atoms with Gasteiger partial charge < -0.3 is 0 Å². The van der Waals surface area contributed by atoms with E-state index in [2.05, 4.69) is 10.2 Å². The Labute approximate surface area is 46.7 Å². The number of thioether (sulfide) groups is 1. The summed E-state index contributed by atoms with van der Waals surface area (Å²) in [6.45, 7) is 0. The second-order valence-corrected chi connectivity index (χ2v) is 2.15. The van der Waals surface area contributed by atoms with Crippen LogP contribution in [0.2, 0.25) is 0 Å². The lowest BCUT2D eigenvalue weighted by Gasteiger charge is -1.90. The van der Waals surface area contributed by atoms with Crippen molar-refractivity contribution in [3.63, 3.8) is 0 Å². The van der Waals surface area contributed by atoms with Gasteiger partial charge in [0.1, 0.15) is 5.37 Å². The minimum absolute atomic E-state index is 0.292. The summed E-state index contributed by atoms with van der Waals surface area (Å²) in [5.74, 6) is 0. The minimum atomic E-state index is 0.292. The van der Waals surface area contributed by atoms with E-state index in [1.54, 1.807) is 18.0 Å². The van der Waals surface area contributed by atoms with E-state index in [1.807, 2.05) is 12.3 Å². The molecule has 1 atom stereocenters. The van der Waals surface area contributed by atoms with Crippen molar-refractivity contribution in [3.05, 3.63) is 12.3 Å². The van der Waals surface area contributed by atoms with E-state index >= 15 is 0 Å². The highest BCUT2D eigenvalue weighted by Crippen LogP contribution is 2.13. The molecule has 0 aromatic rings. The fourth-order valence-electron chi connectivity index (χ4n) is 0.381. The van der Waals surface area contributed by atoms with Crippen LogP contribution in [0.15, 0.2) is 22.5 Å². The van der Waals surface area contributed by atoms with Crippen molar-refractivity contribution in [2.24, 2.45) is 10.2 Å². The van der Waals surface area contributed by atoms with Gasteiger partial charge in [0, 0.05) is 6.20 Å². The standard InChI is InChI=1S/C4H6N2S/c1-7-4-2-3-5-6-4/h2-4H,1H3. The van der Waals surface area contributed by atoms with Crippen LogP contribution in [-0.4, -0.2) is 11.6 Å². The molecule has 3 heteroatoms. The lowest BCUT2D eigenvalue weighted by atomic mass is 10.6. The predicted octanol–water partition coefficient (Wildman–Crippen LogP) is 1.66. The van der Waals surface area contributed by atoms with Gasteiger partial charge in [-0.25, -0.2) is 0 Å². The molecule has 0 aromatic heterocycles. The molecule has 0 bridgehead atoms. The summed E-state index contributed by atoms with van der Waals surface area (Å²) in [6.07, 6.45) is 5.70. The first kappa shape index (κ1) is 4.84. The fourth-order valence-corrected chi connectivity index (χ4v) is 0.757. The molecule has 0 radical (unpaired) electrons. The molecule has 0 fully saturated rings. The summed E-state index contributed by atoms with van der Waals surface area (Å²) < 4.78 is 0. The molecule has 1 rings (SSSR count). The maximum atomic E-state index is 3.83. The third-order valence-corrected chi connectivity index (χ3v) is 1.47. The zero-order valence-electron chi connectivity index (χ0n) is 4.03. The highest BCUT2D eigenvalue weighted by Gasteiger charge is 2.00. The Hall–Kier alpha value is -0.310. The maximum absolute atomic E-state index is 3.83. The Bertz CT molecular complexity index is 96.3. The van der Waals surface area contributed by atoms with E-state index in [1.165, 1.54) is 0 Å². The lowest BCUT2D eigenvalue weighted by Crippen LogP contribution is -1.83. The van der Waals surface area contributed by atoms with Crippen LogP contribution in [0, 0.1) is 0 Å². The summed E-state index contributed by atoms with van der Waals surface area (Å²) in [6, 6.07) is 0. The SMILES string of the molecule is CSC1C=CN=N1. The van der Waals surface area contributed by atoms with Gasteiger partial charge >= 0.3 is 0 Å². The quantitative estimate of drug-likeness (QED) is 0.508. The van der Waals surface area contributed by atoms with Gasteiger partial charge in [0.25, 0.3) is 0 Å². The van der Waals surface area contributed by atoms with Crippen LogP contribution in [-0.2, 0) is 0 Å². The van der Waals surface area contributed by atoms with Crippen molar-refractivity contribution in [1.82, 2.24) is 0 Å². The van der Waals surface area contributed by atoms with Crippen LogP contribution in [0.25, 0.3) is 0 Å². The van der Waals surface area contributed by atoms with Crippen molar-refractivity contribution in [3.8, 4) is 0 Å². The van der Waals surface area contributed by atoms with Crippen LogP contribution in [0.3, 0.4) is 0 Å². The first-order valence-electron chi connectivity index (χ1n) is 2.03. The van der Waals surface area contributed by atoms with Gasteiger partial charge in [-0.2, -0.15) is 10.2 Å². The molecule has 0 saturated carbocycles. The Balaban J connectivity index is 2.44. The summed E-state index contributed by atoms with van der Waals surface area (Å²) in [7, 11) is 0. The van der Waals surface area contributed by atoms with E-state index in [-0.39, 0.29) is 0 Å². The summed E-state index contributed by atoms with van der Waals surface area (Å²) in [5.41, 5.74) is 0. The van der Waals surface area contributed by atoms with Crippen LogP contribution in [0.1, 0.15) is 0 Å². The Morgan fingerprint density at radius 1 is 1.71 bits per heavy atom. The molecule has 0 saturated heterocycles. The Morgan fingerprint density at radius 3 is 2.86 bits per heavy atom. The zero-order chi connectivity index (χ0) is 5.11. The molecule has 2 nitrogen and oxygen atoms in total. The molecule has 38 valence electrons. The van der Waals surface area contributed by atoms with Crippen molar-refractivity contribution < 1.29 is 0 Å². The second kappa shape index (κ2) is 2.12. The smallest absolute Gasteiger partial charge is 0.136 e.